The normalized spacial score (nSPS) is 11.2. The molecule has 0 saturated carbocycles. The Morgan fingerprint density at radius 2 is 1.59 bits per heavy atom. The molecule has 0 unspecified atom stereocenters. The summed E-state index contributed by atoms with van der Waals surface area (Å²) in [6, 6.07) is 29.0. The van der Waals surface area contributed by atoms with Crippen LogP contribution in [-0.2, 0) is 13.2 Å². The zero-order valence-electron chi connectivity index (χ0n) is 18.4. The van der Waals surface area contributed by atoms with Crippen LogP contribution in [0.4, 0.5) is 0 Å². The highest BCUT2D eigenvalue weighted by Gasteiger charge is 2.12. The van der Waals surface area contributed by atoms with Gasteiger partial charge in [0.05, 0.1) is 17.6 Å². The molecule has 0 aliphatic carbocycles. The third-order valence-corrected chi connectivity index (χ3v) is 5.74. The van der Waals surface area contributed by atoms with Crippen LogP contribution in [-0.4, -0.2) is 16.2 Å². The third kappa shape index (κ3) is 4.17. The van der Waals surface area contributed by atoms with Crippen LogP contribution in [0.2, 0.25) is 0 Å². The molecule has 5 rings (SSSR count). The summed E-state index contributed by atoms with van der Waals surface area (Å²) in [5.74, 6) is 2.67. The number of fused-ring (bicyclic) bond motifs is 2. The Hall–Kier alpha value is -3.79. The molecule has 0 saturated heterocycles. The monoisotopic (exact) mass is 422 g/mol. The first-order valence-corrected chi connectivity index (χ1v) is 10.9. The van der Waals surface area contributed by atoms with Crippen molar-refractivity contribution in [1.82, 2.24) is 9.55 Å². The van der Waals surface area contributed by atoms with Gasteiger partial charge in [0.2, 0.25) is 0 Å². The molecule has 0 fully saturated rings. The molecule has 0 radical (unpaired) electrons. The second-order valence-electron chi connectivity index (χ2n) is 8.08. The maximum atomic E-state index is 6.16. The summed E-state index contributed by atoms with van der Waals surface area (Å²) in [4.78, 5) is 4.83. The van der Waals surface area contributed by atoms with E-state index >= 15 is 0 Å². The van der Waals surface area contributed by atoms with Gasteiger partial charge in [0.15, 0.2) is 0 Å². The fourth-order valence-electron chi connectivity index (χ4n) is 4.00. The van der Waals surface area contributed by atoms with Gasteiger partial charge in [-0.2, -0.15) is 0 Å². The molecule has 32 heavy (non-hydrogen) atoms. The molecule has 0 aliphatic rings. The lowest BCUT2D eigenvalue weighted by atomic mass is 10.1. The van der Waals surface area contributed by atoms with E-state index < -0.39 is 0 Å². The number of aryl methyl sites for hydroxylation is 2. The summed E-state index contributed by atoms with van der Waals surface area (Å²) >= 11 is 0. The van der Waals surface area contributed by atoms with Crippen LogP contribution in [0.3, 0.4) is 0 Å². The van der Waals surface area contributed by atoms with Gasteiger partial charge in [-0.05, 0) is 66.1 Å². The molecule has 1 heterocycles. The van der Waals surface area contributed by atoms with Crippen LogP contribution in [0.25, 0.3) is 21.8 Å². The third-order valence-electron chi connectivity index (χ3n) is 5.74. The van der Waals surface area contributed by atoms with E-state index in [-0.39, 0.29) is 0 Å². The van der Waals surface area contributed by atoms with Crippen molar-refractivity contribution in [3.05, 3.63) is 102 Å². The number of para-hydroxylation sites is 2. The van der Waals surface area contributed by atoms with Gasteiger partial charge in [0, 0.05) is 0 Å². The quantitative estimate of drug-likeness (QED) is 0.302. The zero-order chi connectivity index (χ0) is 21.9. The Labute approximate surface area is 188 Å². The predicted octanol–water partition coefficient (Wildman–Crippen LogP) is 6.46. The molecule has 0 bridgehead atoms. The van der Waals surface area contributed by atoms with Crippen molar-refractivity contribution in [3.8, 4) is 11.5 Å². The highest BCUT2D eigenvalue weighted by Crippen LogP contribution is 2.23. The lowest BCUT2D eigenvalue weighted by Gasteiger charge is -2.13. The van der Waals surface area contributed by atoms with Crippen molar-refractivity contribution in [3.63, 3.8) is 0 Å². The van der Waals surface area contributed by atoms with Crippen molar-refractivity contribution < 1.29 is 9.47 Å². The predicted molar refractivity (Wildman–Crippen MR) is 129 cm³/mol. The second-order valence-corrected chi connectivity index (χ2v) is 8.08. The number of aromatic nitrogens is 2. The average Bonchev–Trinajstić information content (AvgIpc) is 3.17. The molecule has 0 N–H and O–H groups in total. The number of imidazole rings is 1. The Morgan fingerprint density at radius 1 is 0.781 bits per heavy atom. The first-order chi connectivity index (χ1) is 15.7. The molecular weight excluding hydrogens is 396 g/mol. The highest BCUT2D eigenvalue weighted by atomic mass is 16.5. The number of ether oxygens (including phenoxy) is 2. The summed E-state index contributed by atoms with van der Waals surface area (Å²) in [5.41, 5.74) is 4.37. The lowest BCUT2D eigenvalue weighted by Crippen LogP contribution is -2.13. The largest absolute Gasteiger partial charge is 0.492 e. The highest BCUT2D eigenvalue weighted by molar-refractivity contribution is 5.83. The van der Waals surface area contributed by atoms with Crippen molar-refractivity contribution in [2.75, 3.05) is 6.61 Å². The van der Waals surface area contributed by atoms with Gasteiger partial charge in [-0.3, -0.25) is 0 Å². The van der Waals surface area contributed by atoms with Crippen LogP contribution >= 0.6 is 0 Å². The minimum absolute atomic E-state index is 0.412. The Bertz CT molecular complexity index is 1390. The van der Waals surface area contributed by atoms with Crippen LogP contribution < -0.4 is 9.47 Å². The Kier molecular flexibility index (Phi) is 5.51. The van der Waals surface area contributed by atoms with Gasteiger partial charge in [-0.1, -0.05) is 54.6 Å². The fourth-order valence-corrected chi connectivity index (χ4v) is 4.00. The average molecular weight is 423 g/mol. The van der Waals surface area contributed by atoms with Crippen molar-refractivity contribution in [2.24, 2.45) is 0 Å². The molecule has 0 amide bonds. The van der Waals surface area contributed by atoms with Crippen LogP contribution in [0.1, 0.15) is 17.0 Å². The lowest BCUT2D eigenvalue weighted by molar-refractivity contribution is 0.271. The summed E-state index contributed by atoms with van der Waals surface area (Å²) in [5, 5.41) is 2.40. The molecule has 0 aliphatic heterocycles. The van der Waals surface area contributed by atoms with Gasteiger partial charge in [0.1, 0.15) is 30.5 Å². The minimum atomic E-state index is 0.412. The molecule has 0 atom stereocenters. The Balaban J connectivity index is 1.34. The summed E-state index contributed by atoms with van der Waals surface area (Å²) in [6.07, 6.45) is 0. The molecule has 5 aromatic rings. The van der Waals surface area contributed by atoms with E-state index in [0.29, 0.717) is 19.8 Å². The van der Waals surface area contributed by atoms with Gasteiger partial charge >= 0.3 is 0 Å². The van der Waals surface area contributed by atoms with Crippen LogP contribution in [0, 0.1) is 13.8 Å². The van der Waals surface area contributed by atoms with Gasteiger partial charge in [-0.15, -0.1) is 0 Å². The van der Waals surface area contributed by atoms with Crippen molar-refractivity contribution in [1.29, 1.82) is 0 Å². The molecule has 1 aromatic heterocycles. The summed E-state index contributed by atoms with van der Waals surface area (Å²) in [7, 11) is 0. The summed E-state index contributed by atoms with van der Waals surface area (Å²) < 4.78 is 14.5. The number of rotatable bonds is 7. The fraction of sp³-hybridized carbons (Fsp3) is 0.179. The van der Waals surface area contributed by atoms with E-state index in [2.05, 4.69) is 73.0 Å². The topological polar surface area (TPSA) is 36.3 Å². The SMILES string of the molecule is Cc1ccc(C)c(OCc2nc3ccccc3n2CCOc2ccc3ccccc3c2)c1. The summed E-state index contributed by atoms with van der Waals surface area (Å²) in [6.45, 7) is 5.80. The minimum Gasteiger partial charge on any atom is -0.492 e. The first kappa shape index (κ1) is 20.1. The number of hydrogen-bond acceptors (Lipinski definition) is 3. The van der Waals surface area contributed by atoms with Crippen molar-refractivity contribution in [2.45, 2.75) is 27.0 Å². The van der Waals surface area contributed by atoms with E-state index in [9.17, 15) is 0 Å². The van der Waals surface area contributed by atoms with Gasteiger partial charge < -0.3 is 14.0 Å². The van der Waals surface area contributed by atoms with E-state index in [4.69, 9.17) is 14.5 Å². The smallest absolute Gasteiger partial charge is 0.148 e. The molecule has 4 heteroatoms. The molecule has 4 nitrogen and oxygen atoms in total. The van der Waals surface area contributed by atoms with E-state index in [1.165, 1.54) is 16.3 Å². The Morgan fingerprint density at radius 3 is 2.50 bits per heavy atom. The van der Waals surface area contributed by atoms with E-state index in [1.807, 2.05) is 30.3 Å². The molecular formula is C28H26N2O2. The standard InChI is InChI=1S/C28H26N2O2/c1-20-11-12-21(2)27(17-20)32-19-28-29-25-9-5-6-10-26(25)30(28)15-16-31-24-14-13-22-7-3-4-8-23(22)18-24/h3-14,17-18H,15-16,19H2,1-2H3. The van der Waals surface area contributed by atoms with Crippen molar-refractivity contribution >= 4 is 21.8 Å². The molecule has 160 valence electrons. The van der Waals surface area contributed by atoms with Gasteiger partial charge in [-0.25, -0.2) is 4.98 Å². The van der Waals surface area contributed by atoms with E-state index in [0.717, 1.165) is 33.9 Å². The zero-order valence-corrected chi connectivity index (χ0v) is 18.4. The molecule has 0 spiro atoms. The second kappa shape index (κ2) is 8.75. The number of benzene rings is 4. The van der Waals surface area contributed by atoms with E-state index in [1.54, 1.807) is 0 Å². The maximum absolute atomic E-state index is 6.16. The van der Waals surface area contributed by atoms with Gasteiger partial charge in [0.25, 0.3) is 0 Å². The van der Waals surface area contributed by atoms with Crippen LogP contribution in [0.15, 0.2) is 84.9 Å². The van der Waals surface area contributed by atoms with Crippen LogP contribution in [0.5, 0.6) is 11.5 Å². The number of hydrogen-bond donors (Lipinski definition) is 0. The molecule has 4 aromatic carbocycles. The first-order valence-electron chi connectivity index (χ1n) is 10.9. The maximum Gasteiger partial charge on any atom is 0.148 e. The number of nitrogens with zero attached hydrogens (tertiary/aromatic N) is 2.